The first-order chi connectivity index (χ1) is 12.5. The first-order valence-electron chi connectivity index (χ1n) is 8.26. The van der Waals surface area contributed by atoms with Gasteiger partial charge in [-0.2, -0.15) is 0 Å². The standard InChI is InChI=1S/C19H20BrClN2O2S/c1-2-3-10-25-17-9-8-14(20)11-15(17)18(24)23-19(26)22-12-13-6-4-5-7-16(13)21/h4-9,11H,2-3,10,12H2,1H3,(H2,22,23,24,26). The van der Waals surface area contributed by atoms with Gasteiger partial charge in [-0.3, -0.25) is 10.1 Å². The average molecular weight is 456 g/mol. The summed E-state index contributed by atoms with van der Waals surface area (Å²) in [6.07, 6.45) is 1.95. The Hall–Kier alpha value is -1.63. The molecule has 0 atom stereocenters. The van der Waals surface area contributed by atoms with Crippen LogP contribution in [0.5, 0.6) is 5.75 Å². The van der Waals surface area contributed by atoms with E-state index >= 15 is 0 Å². The van der Waals surface area contributed by atoms with Gasteiger partial charge in [-0.25, -0.2) is 0 Å². The van der Waals surface area contributed by atoms with Crippen molar-refractivity contribution < 1.29 is 9.53 Å². The maximum atomic E-state index is 12.6. The minimum absolute atomic E-state index is 0.231. The zero-order valence-corrected chi connectivity index (χ0v) is 17.5. The van der Waals surface area contributed by atoms with Crippen LogP contribution in [0.1, 0.15) is 35.7 Å². The minimum atomic E-state index is -0.325. The predicted octanol–water partition coefficient (Wildman–Crippen LogP) is 5.09. The van der Waals surface area contributed by atoms with E-state index in [9.17, 15) is 4.79 Å². The highest BCUT2D eigenvalue weighted by Gasteiger charge is 2.15. The van der Waals surface area contributed by atoms with E-state index in [2.05, 4.69) is 33.5 Å². The molecule has 0 radical (unpaired) electrons. The molecule has 0 saturated carbocycles. The van der Waals surface area contributed by atoms with E-state index in [0.29, 0.717) is 29.5 Å². The molecule has 0 heterocycles. The average Bonchev–Trinajstić information content (AvgIpc) is 2.62. The summed E-state index contributed by atoms with van der Waals surface area (Å²) in [5, 5.41) is 6.55. The molecule has 2 N–H and O–H groups in total. The fraction of sp³-hybridized carbons (Fsp3) is 0.263. The van der Waals surface area contributed by atoms with Crippen LogP contribution >= 0.6 is 39.7 Å². The highest BCUT2D eigenvalue weighted by molar-refractivity contribution is 9.10. The Kier molecular flexibility index (Phi) is 8.35. The van der Waals surface area contributed by atoms with Crippen molar-refractivity contribution in [3.05, 3.63) is 63.1 Å². The van der Waals surface area contributed by atoms with Gasteiger partial charge in [0.05, 0.1) is 12.2 Å². The van der Waals surface area contributed by atoms with Crippen molar-refractivity contribution in [1.82, 2.24) is 10.6 Å². The van der Waals surface area contributed by atoms with E-state index in [0.717, 1.165) is 22.9 Å². The van der Waals surface area contributed by atoms with Gasteiger partial charge >= 0.3 is 0 Å². The lowest BCUT2D eigenvalue weighted by molar-refractivity contribution is 0.0972. The number of unbranched alkanes of at least 4 members (excludes halogenated alkanes) is 1. The number of rotatable bonds is 7. The normalized spacial score (nSPS) is 10.3. The molecule has 0 unspecified atom stereocenters. The number of amides is 1. The molecule has 0 fully saturated rings. The van der Waals surface area contributed by atoms with Crippen molar-refractivity contribution >= 4 is 50.8 Å². The molecule has 26 heavy (non-hydrogen) atoms. The van der Waals surface area contributed by atoms with E-state index in [1.165, 1.54) is 0 Å². The Morgan fingerprint density at radius 2 is 2.04 bits per heavy atom. The summed E-state index contributed by atoms with van der Waals surface area (Å²) in [5.74, 6) is 0.211. The minimum Gasteiger partial charge on any atom is -0.493 e. The summed E-state index contributed by atoms with van der Waals surface area (Å²) < 4.78 is 6.51. The third kappa shape index (κ3) is 6.27. The van der Waals surface area contributed by atoms with Crippen LogP contribution in [0.4, 0.5) is 0 Å². The summed E-state index contributed by atoms with van der Waals surface area (Å²) in [6.45, 7) is 3.08. The van der Waals surface area contributed by atoms with Crippen molar-refractivity contribution in [3.63, 3.8) is 0 Å². The number of carbonyl (C=O) groups excluding carboxylic acids is 1. The molecular weight excluding hydrogens is 436 g/mol. The fourth-order valence-corrected chi connectivity index (χ4v) is 2.89. The summed E-state index contributed by atoms with van der Waals surface area (Å²) in [7, 11) is 0. The molecule has 2 rings (SSSR count). The first-order valence-corrected chi connectivity index (χ1v) is 9.84. The number of hydrogen-bond donors (Lipinski definition) is 2. The quantitative estimate of drug-likeness (QED) is 0.451. The van der Waals surface area contributed by atoms with Gasteiger partial charge in [0.2, 0.25) is 0 Å². The van der Waals surface area contributed by atoms with E-state index in [4.69, 9.17) is 28.6 Å². The van der Waals surface area contributed by atoms with Gasteiger partial charge in [0.1, 0.15) is 5.75 Å². The molecule has 2 aromatic carbocycles. The van der Waals surface area contributed by atoms with Gasteiger partial charge in [-0.1, -0.05) is 59.1 Å². The van der Waals surface area contributed by atoms with Crippen LogP contribution < -0.4 is 15.4 Å². The topological polar surface area (TPSA) is 50.4 Å². The summed E-state index contributed by atoms with van der Waals surface area (Å²) in [5.41, 5.74) is 1.33. The Morgan fingerprint density at radius 3 is 2.77 bits per heavy atom. The lowest BCUT2D eigenvalue weighted by atomic mass is 10.2. The molecule has 0 aliphatic carbocycles. The zero-order chi connectivity index (χ0) is 18.9. The molecule has 1 amide bonds. The second-order valence-electron chi connectivity index (χ2n) is 5.57. The lowest BCUT2D eigenvalue weighted by Gasteiger charge is -2.14. The number of thiocarbonyl (C=S) groups is 1. The number of halogens is 2. The van der Waals surface area contributed by atoms with Crippen LogP contribution in [0.25, 0.3) is 0 Å². The number of benzene rings is 2. The predicted molar refractivity (Wildman–Crippen MR) is 113 cm³/mol. The van der Waals surface area contributed by atoms with Crippen LogP contribution in [0.3, 0.4) is 0 Å². The van der Waals surface area contributed by atoms with E-state index in [1.807, 2.05) is 30.3 Å². The molecule has 0 spiro atoms. The highest BCUT2D eigenvalue weighted by Crippen LogP contribution is 2.23. The monoisotopic (exact) mass is 454 g/mol. The third-order valence-corrected chi connectivity index (χ3v) is 4.67. The molecule has 4 nitrogen and oxygen atoms in total. The van der Waals surface area contributed by atoms with Crippen LogP contribution in [0, 0.1) is 0 Å². The molecule has 0 bridgehead atoms. The van der Waals surface area contributed by atoms with Crippen LogP contribution in [0.15, 0.2) is 46.9 Å². The second kappa shape index (κ2) is 10.5. The Balaban J connectivity index is 1.98. The number of hydrogen-bond acceptors (Lipinski definition) is 3. The number of carbonyl (C=O) groups is 1. The number of nitrogens with one attached hydrogen (secondary N) is 2. The van der Waals surface area contributed by atoms with Gasteiger partial charge in [0, 0.05) is 16.0 Å². The van der Waals surface area contributed by atoms with Crippen molar-refractivity contribution in [1.29, 1.82) is 0 Å². The molecule has 0 aliphatic heterocycles. The summed E-state index contributed by atoms with van der Waals surface area (Å²) >= 11 is 14.7. The van der Waals surface area contributed by atoms with Crippen molar-refractivity contribution in [3.8, 4) is 5.75 Å². The zero-order valence-electron chi connectivity index (χ0n) is 14.4. The molecule has 2 aromatic rings. The molecule has 0 saturated heterocycles. The molecule has 0 aliphatic rings. The second-order valence-corrected chi connectivity index (χ2v) is 7.30. The maximum absolute atomic E-state index is 12.6. The Bertz CT molecular complexity index is 786. The third-order valence-electron chi connectivity index (χ3n) is 3.57. The molecule has 138 valence electrons. The van der Waals surface area contributed by atoms with Gasteiger partial charge < -0.3 is 10.1 Å². The summed E-state index contributed by atoms with van der Waals surface area (Å²) in [4.78, 5) is 12.6. The lowest BCUT2D eigenvalue weighted by Crippen LogP contribution is -2.39. The van der Waals surface area contributed by atoms with E-state index in [1.54, 1.807) is 12.1 Å². The maximum Gasteiger partial charge on any atom is 0.261 e. The molecule has 7 heteroatoms. The van der Waals surface area contributed by atoms with Crippen LogP contribution in [-0.4, -0.2) is 17.6 Å². The fourth-order valence-electron chi connectivity index (χ4n) is 2.16. The van der Waals surface area contributed by atoms with Crippen LogP contribution in [-0.2, 0) is 6.54 Å². The van der Waals surface area contributed by atoms with Crippen molar-refractivity contribution in [2.45, 2.75) is 26.3 Å². The Morgan fingerprint density at radius 1 is 1.27 bits per heavy atom. The van der Waals surface area contributed by atoms with E-state index in [-0.39, 0.29) is 11.0 Å². The van der Waals surface area contributed by atoms with Crippen LogP contribution in [0.2, 0.25) is 5.02 Å². The number of ether oxygens (including phenoxy) is 1. The van der Waals surface area contributed by atoms with E-state index < -0.39 is 0 Å². The molecular formula is C19H20BrClN2O2S. The highest BCUT2D eigenvalue weighted by atomic mass is 79.9. The van der Waals surface area contributed by atoms with Crippen molar-refractivity contribution in [2.24, 2.45) is 0 Å². The SMILES string of the molecule is CCCCOc1ccc(Br)cc1C(=O)NC(=S)NCc1ccccc1Cl. The Labute approximate surface area is 172 Å². The van der Waals surface area contributed by atoms with Gasteiger partial charge in [0.15, 0.2) is 5.11 Å². The molecule has 0 aromatic heterocycles. The first kappa shape index (κ1) is 20.7. The largest absolute Gasteiger partial charge is 0.493 e. The van der Waals surface area contributed by atoms with Gasteiger partial charge in [-0.05, 0) is 48.5 Å². The van der Waals surface area contributed by atoms with Gasteiger partial charge in [-0.15, -0.1) is 0 Å². The summed E-state index contributed by atoms with van der Waals surface area (Å²) in [6, 6.07) is 12.8. The van der Waals surface area contributed by atoms with Gasteiger partial charge in [0.25, 0.3) is 5.91 Å². The van der Waals surface area contributed by atoms with Crippen molar-refractivity contribution in [2.75, 3.05) is 6.61 Å². The smallest absolute Gasteiger partial charge is 0.261 e.